The number of nitrogens with zero attached hydrogens (tertiary/aromatic N) is 1. The molecule has 2 N–H and O–H groups in total. The van der Waals surface area contributed by atoms with Gasteiger partial charge < -0.3 is 10.4 Å². The van der Waals surface area contributed by atoms with Crippen LogP contribution in [0.4, 0.5) is 5.82 Å². The summed E-state index contributed by atoms with van der Waals surface area (Å²) in [6.45, 7) is 0. The van der Waals surface area contributed by atoms with Crippen molar-refractivity contribution in [2.24, 2.45) is 0 Å². The number of aromatic nitrogens is 1. The molecule has 0 saturated heterocycles. The Balaban J connectivity index is 2.13. The Morgan fingerprint density at radius 1 is 1.28 bits per heavy atom. The first kappa shape index (κ1) is 13.1. The van der Waals surface area contributed by atoms with Gasteiger partial charge in [0.1, 0.15) is 11.6 Å². The van der Waals surface area contributed by atoms with Crippen LogP contribution in [0.15, 0.2) is 41.3 Å². The highest BCUT2D eigenvalue weighted by molar-refractivity contribution is 7.98. The minimum absolute atomic E-state index is 0.281. The molecule has 0 aliphatic carbocycles. The molecule has 3 nitrogen and oxygen atoms in total. The Labute approximate surface area is 115 Å². The number of thioether (sulfide) groups is 1. The van der Waals surface area contributed by atoms with E-state index in [-0.39, 0.29) is 5.75 Å². The molecule has 0 unspecified atom stereocenters. The summed E-state index contributed by atoms with van der Waals surface area (Å²) in [4.78, 5) is 5.21. The second-order valence-corrected chi connectivity index (χ2v) is 5.06. The van der Waals surface area contributed by atoms with Crippen LogP contribution in [0.2, 0.25) is 5.02 Å². The Bertz CT molecular complexity index is 548. The van der Waals surface area contributed by atoms with E-state index in [9.17, 15) is 5.11 Å². The van der Waals surface area contributed by atoms with Crippen molar-refractivity contribution in [2.75, 3.05) is 12.4 Å². The smallest absolute Gasteiger partial charge is 0.129 e. The maximum Gasteiger partial charge on any atom is 0.129 e. The van der Waals surface area contributed by atoms with Gasteiger partial charge in [0.2, 0.25) is 0 Å². The average molecular weight is 281 g/mol. The summed E-state index contributed by atoms with van der Waals surface area (Å²) < 4.78 is 0. The molecule has 0 aliphatic rings. The van der Waals surface area contributed by atoms with Crippen LogP contribution >= 0.6 is 23.4 Å². The van der Waals surface area contributed by atoms with Crippen LogP contribution in [0.3, 0.4) is 0 Å². The number of halogens is 1. The summed E-state index contributed by atoms with van der Waals surface area (Å²) in [5.41, 5.74) is 0.803. The standard InChI is InChI=1S/C13H13ClN2OS/c1-15-13-7-6-9(14)10(16-13)8-18-12-5-3-2-4-11(12)17/h2-7,17H,8H2,1H3,(H,15,16). The number of nitrogens with one attached hydrogen (secondary N) is 1. The predicted molar refractivity (Wildman–Crippen MR) is 76.5 cm³/mol. The summed E-state index contributed by atoms with van der Waals surface area (Å²) >= 11 is 7.60. The van der Waals surface area contributed by atoms with Crippen molar-refractivity contribution in [2.45, 2.75) is 10.6 Å². The molecule has 1 heterocycles. The SMILES string of the molecule is CNc1ccc(Cl)c(CSc2ccccc2O)n1. The molecule has 0 spiro atoms. The van der Waals surface area contributed by atoms with E-state index in [2.05, 4.69) is 10.3 Å². The van der Waals surface area contributed by atoms with Gasteiger partial charge in [0.05, 0.1) is 10.7 Å². The topological polar surface area (TPSA) is 45.1 Å². The molecule has 0 saturated carbocycles. The normalized spacial score (nSPS) is 10.3. The van der Waals surface area contributed by atoms with Crippen LogP contribution in [-0.4, -0.2) is 17.1 Å². The van der Waals surface area contributed by atoms with E-state index >= 15 is 0 Å². The third-order valence-electron chi connectivity index (χ3n) is 2.40. The first-order valence-electron chi connectivity index (χ1n) is 5.44. The molecule has 94 valence electrons. The zero-order valence-corrected chi connectivity index (χ0v) is 11.4. The van der Waals surface area contributed by atoms with Crippen LogP contribution in [0, 0.1) is 0 Å². The van der Waals surface area contributed by atoms with Gasteiger partial charge in [-0.25, -0.2) is 4.98 Å². The van der Waals surface area contributed by atoms with Crippen molar-refractivity contribution in [1.82, 2.24) is 4.98 Å². The van der Waals surface area contributed by atoms with E-state index in [0.29, 0.717) is 10.8 Å². The third-order valence-corrected chi connectivity index (χ3v) is 3.82. The van der Waals surface area contributed by atoms with Crippen LogP contribution in [0.1, 0.15) is 5.69 Å². The summed E-state index contributed by atoms with van der Waals surface area (Å²) in [6, 6.07) is 10.9. The van der Waals surface area contributed by atoms with Crippen LogP contribution in [-0.2, 0) is 5.75 Å². The van der Waals surface area contributed by atoms with Gasteiger partial charge in [0.15, 0.2) is 0 Å². The molecule has 1 aromatic heterocycles. The second-order valence-electron chi connectivity index (χ2n) is 3.63. The number of benzene rings is 1. The zero-order valence-electron chi connectivity index (χ0n) is 9.85. The Morgan fingerprint density at radius 3 is 2.78 bits per heavy atom. The van der Waals surface area contributed by atoms with Crippen molar-refractivity contribution in [3.05, 3.63) is 47.1 Å². The van der Waals surface area contributed by atoms with Crippen LogP contribution in [0.25, 0.3) is 0 Å². The predicted octanol–water partition coefficient (Wildman–Crippen LogP) is 3.77. The summed E-state index contributed by atoms with van der Waals surface area (Å²) in [7, 11) is 1.82. The van der Waals surface area contributed by atoms with E-state index in [1.165, 1.54) is 11.8 Å². The first-order valence-corrected chi connectivity index (χ1v) is 6.81. The molecule has 5 heteroatoms. The van der Waals surface area contributed by atoms with Crippen molar-refractivity contribution in [1.29, 1.82) is 0 Å². The monoisotopic (exact) mass is 280 g/mol. The number of para-hydroxylation sites is 1. The highest BCUT2D eigenvalue weighted by Crippen LogP contribution is 2.31. The molecular formula is C13H13ClN2OS. The van der Waals surface area contributed by atoms with Gasteiger partial charge in [0, 0.05) is 17.7 Å². The molecule has 0 aliphatic heterocycles. The van der Waals surface area contributed by atoms with Gasteiger partial charge in [-0.15, -0.1) is 11.8 Å². The number of hydrogen-bond donors (Lipinski definition) is 2. The van der Waals surface area contributed by atoms with Crippen LogP contribution in [0.5, 0.6) is 5.75 Å². The van der Waals surface area contributed by atoms with Gasteiger partial charge in [-0.05, 0) is 24.3 Å². The highest BCUT2D eigenvalue weighted by Gasteiger charge is 2.06. The third kappa shape index (κ3) is 3.09. The van der Waals surface area contributed by atoms with E-state index in [4.69, 9.17) is 11.6 Å². The Morgan fingerprint density at radius 2 is 2.06 bits per heavy atom. The number of pyridine rings is 1. The minimum Gasteiger partial charge on any atom is -0.507 e. The molecule has 0 atom stereocenters. The minimum atomic E-state index is 0.281. The van der Waals surface area contributed by atoms with Crippen molar-refractivity contribution in [3.63, 3.8) is 0 Å². The van der Waals surface area contributed by atoms with Crippen molar-refractivity contribution < 1.29 is 5.11 Å². The fraction of sp³-hybridized carbons (Fsp3) is 0.154. The lowest BCUT2D eigenvalue weighted by Crippen LogP contribution is -1.96. The van der Waals surface area contributed by atoms with Gasteiger partial charge >= 0.3 is 0 Å². The second kappa shape index (κ2) is 5.98. The van der Waals surface area contributed by atoms with Gasteiger partial charge in [-0.3, -0.25) is 0 Å². The fourth-order valence-corrected chi connectivity index (χ4v) is 2.60. The summed E-state index contributed by atoms with van der Waals surface area (Å²) in [5.74, 6) is 1.68. The van der Waals surface area contributed by atoms with Gasteiger partial charge in [0.25, 0.3) is 0 Å². The number of hydrogen-bond acceptors (Lipinski definition) is 4. The molecule has 0 amide bonds. The zero-order chi connectivity index (χ0) is 13.0. The van der Waals surface area contributed by atoms with Gasteiger partial charge in [-0.1, -0.05) is 23.7 Å². The van der Waals surface area contributed by atoms with Crippen molar-refractivity contribution in [3.8, 4) is 5.75 Å². The Hall–Kier alpha value is -1.39. The number of anilines is 1. The molecule has 2 aromatic rings. The van der Waals surface area contributed by atoms with E-state index < -0.39 is 0 Å². The first-order chi connectivity index (χ1) is 8.70. The Kier molecular flexibility index (Phi) is 4.33. The lowest BCUT2D eigenvalue weighted by Gasteiger charge is -2.07. The lowest BCUT2D eigenvalue weighted by molar-refractivity contribution is 0.462. The lowest BCUT2D eigenvalue weighted by atomic mass is 10.3. The van der Waals surface area contributed by atoms with E-state index in [1.807, 2.05) is 31.3 Å². The van der Waals surface area contributed by atoms with E-state index in [1.54, 1.807) is 12.1 Å². The van der Waals surface area contributed by atoms with Gasteiger partial charge in [-0.2, -0.15) is 0 Å². The van der Waals surface area contributed by atoms with E-state index in [0.717, 1.165) is 16.4 Å². The van der Waals surface area contributed by atoms with Crippen molar-refractivity contribution >= 4 is 29.2 Å². The number of phenolic OH excluding ortho intramolecular Hbond substituents is 1. The molecule has 1 aromatic carbocycles. The van der Waals surface area contributed by atoms with Crippen LogP contribution < -0.4 is 5.32 Å². The fourth-order valence-electron chi connectivity index (χ4n) is 1.45. The molecule has 0 fully saturated rings. The average Bonchev–Trinajstić information content (AvgIpc) is 2.39. The largest absolute Gasteiger partial charge is 0.507 e. The molecular weight excluding hydrogens is 268 g/mol. The summed E-state index contributed by atoms with van der Waals surface area (Å²) in [5, 5.41) is 13.3. The molecule has 2 rings (SSSR count). The molecule has 18 heavy (non-hydrogen) atoms. The maximum atomic E-state index is 9.67. The maximum absolute atomic E-state index is 9.67. The quantitative estimate of drug-likeness (QED) is 0.837. The highest BCUT2D eigenvalue weighted by atomic mass is 35.5. The number of rotatable bonds is 4. The number of phenols is 1. The molecule has 0 bridgehead atoms. The summed E-state index contributed by atoms with van der Waals surface area (Å²) in [6.07, 6.45) is 0. The number of aromatic hydroxyl groups is 1. The molecule has 0 radical (unpaired) electrons.